The number of fused-ring (bicyclic) bond motifs is 1. The minimum absolute atomic E-state index is 0.00334. The summed E-state index contributed by atoms with van der Waals surface area (Å²) in [6, 6.07) is 11.6. The van der Waals surface area contributed by atoms with Gasteiger partial charge in [0.25, 0.3) is 0 Å². The van der Waals surface area contributed by atoms with Gasteiger partial charge in [-0.15, -0.1) is 0 Å². The molecule has 5 nitrogen and oxygen atoms in total. The van der Waals surface area contributed by atoms with E-state index in [2.05, 4.69) is 4.90 Å². The first-order chi connectivity index (χ1) is 11.5. The van der Waals surface area contributed by atoms with Gasteiger partial charge in [0, 0.05) is 19.0 Å². The number of methoxy groups -OCH3 is 1. The van der Waals surface area contributed by atoms with Crippen molar-refractivity contribution in [2.75, 3.05) is 27.2 Å². The fourth-order valence-corrected chi connectivity index (χ4v) is 3.39. The van der Waals surface area contributed by atoms with E-state index in [1.165, 1.54) is 7.11 Å². The van der Waals surface area contributed by atoms with Gasteiger partial charge in [0.05, 0.1) is 7.11 Å². The Kier molecular flexibility index (Phi) is 4.44. The molecule has 1 aliphatic rings. The third-order valence-electron chi connectivity index (χ3n) is 4.63. The maximum Gasteiger partial charge on any atom is 0.342 e. The number of carbonyl (C=O) groups excluding carboxylic acids is 1. The molecule has 1 heterocycles. The van der Waals surface area contributed by atoms with Crippen molar-refractivity contribution >= 4 is 5.97 Å². The molecule has 1 aliphatic heterocycles. The van der Waals surface area contributed by atoms with Crippen LogP contribution in [0.15, 0.2) is 36.4 Å². The number of ether oxygens (including phenoxy) is 1. The van der Waals surface area contributed by atoms with Crippen LogP contribution < -0.4 is 0 Å². The van der Waals surface area contributed by atoms with Crippen LogP contribution in [0.3, 0.4) is 0 Å². The fraction of sp³-hybridized carbons (Fsp3) is 0.316. The molecule has 0 fully saturated rings. The maximum atomic E-state index is 12.2. The molecule has 0 aliphatic carbocycles. The summed E-state index contributed by atoms with van der Waals surface area (Å²) in [4.78, 5) is 14.4. The van der Waals surface area contributed by atoms with Crippen LogP contribution in [-0.2, 0) is 11.2 Å². The van der Waals surface area contributed by atoms with Crippen LogP contribution in [-0.4, -0.2) is 48.3 Å². The molecule has 1 unspecified atom stereocenters. The molecule has 24 heavy (non-hydrogen) atoms. The Bertz CT molecular complexity index is 758. The van der Waals surface area contributed by atoms with Gasteiger partial charge < -0.3 is 19.8 Å². The second kappa shape index (κ2) is 6.53. The van der Waals surface area contributed by atoms with Crippen LogP contribution in [0.25, 0.3) is 0 Å². The second-order valence-corrected chi connectivity index (χ2v) is 6.15. The number of hydrogen-bond donors (Lipinski definition) is 2. The van der Waals surface area contributed by atoms with Gasteiger partial charge in [0.1, 0.15) is 5.56 Å². The number of carbonyl (C=O) groups is 1. The molecule has 2 aromatic rings. The van der Waals surface area contributed by atoms with Crippen molar-refractivity contribution in [2.45, 2.75) is 12.3 Å². The van der Waals surface area contributed by atoms with Gasteiger partial charge in [0.15, 0.2) is 11.5 Å². The minimum Gasteiger partial charge on any atom is -0.504 e. The van der Waals surface area contributed by atoms with Crippen molar-refractivity contribution in [3.8, 4) is 11.5 Å². The minimum atomic E-state index is -0.629. The number of nitrogens with zero attached hydrogens (tertiary/aromatic N) is 1. The molecule has 0 amide bonds. The summed E-state index contributed by atoms with van der Waals surface area (Å²) in [5.74, 6) is -1.32. The predicted octanol–water partition coefficient (Wildman–Crippen LogP) is 2.50. The lowest BCUT2D eigenvalue weighted by molar-refractivity contribution is 0.0595. The average molecular weight is 327 g/mol. The Morgan fingerprint density at radius 3 is 2.62 bits per heavy atom. The zero-order chi connectivity index (χ0) is 17.3. The fourth-order valence-electron chi connectivity index (χ4n) is 3.39. The molecule has 3 rings (SSSR count). The van der Waals surface area contributed by atoms with Gasteiger partial charge in [-0.05, 0) is 36.2 Å². The maximum absolute atomic E-state index is 12.2. The monoisotopic (exact) mass is 327 g/mol. The van der Waals surface area contributed by atoms with Crippen LogP contribution in [0.5, 0.6) is 11.5 Å². The topological polar surface area (TPSA) is 70.0 Å². The summed E-state index contributed by atoms with van der Waals surface area (Å²) < 4.78 is 4.82. The van der Waals surface area contributed by atoms with Gasteiger partial charge in [-0.2, -0.15) is 0 Å². The van der Waals surface area contributed by atoms with E-state index in [0.29, 0.717) is 6.42 Å². The summed E-state index contributed by atoms with van der Waals surface area (Å²) in [6.45, 7) is 1.52. The van der Waals surface area contributed by atoms with Crippen LogP contribution in [0.2, 0.25) is 0 Å². The van der Waals surface area contributed by atoms with Gasteiger partial charge in [-0.1, -0.05) is 30.3 Å². The van der Waals surface area contributed by atoms with E-state index in [-0.39, 0.29) is 17.2 Å². The highest BCUT2D eigenvalue weighted by molar-refractivity contribution is 5.95. The summed E-state index contributed by atoms with van der Waals surface area (Å²) in [5, 5.41) is 20.4. The van der Waals surface area contributed by atoms with Gasteiger partial charge in [-0.3, -0.25) is 0 Å². The van der Waals surface area contributed by atoms with E-state index in [4.69, 9.17) is 4.74 Å². The number of phenolic OH excluding ortho intramolecular Hbond substituents is 2. The molecule has 0 aromatic heterocycles. The summed E-state index contributed by atoms with van der Waals surface area (Å²) in [5.41, 5.74) is 2.79. The van der Waals surface area contributed by atoms with Crippen LogP contribution in [0, 0.1) is 0 Å². The highest BCUT2D eigenvalue weighted by Gasteiger charge is 2.30. The molecule has 0 spiro atoms. The molecule has 0 radical (unpaired) electrons. The van der Waals surface area contributed by atoms with Crippen molar-refractivity contribution in [3.63, 3.8) is 0 Å². The molecule has 0 bridgehead atoms. The predicted molar refractivity (Wildman–Crippen MR) is 90.6 cm³/mol. The molecular weight excluding hydrogens is 306 g/mol. The SMILES string of the molecule is COC(=O)c1c(O)c(O)cc2c1CCN(C)CC2c1ccccc1. The van der Waals surface area contributed by atoms with E-state index >= 15 is 0 Å². The van der Waals surface area contributed by atoms with Crippen molar-refractivity contribution in [1.82, 2.24) is 4.90 Å². The van der Waals surface area contributed by atoms with Crippen LogP contribution in [0.4, 0.5) is 0 Å². The van der Waals surface area contributed by atoms with Crippen molar-refractivity contribution < 1.29 is 19.7 Å². The largest absolute Gasteiger partial charge is 0.504 e. The molecule has 126 valence electrons. The standard InChI is InChI=1S/C19H21NO4/c1-20-9-8-13-14(15(11-20)12-6-4-3-5-7-12)10-16(21)18(22)17(13)19(23)24-2/h3-7,10,15,21-22H,8-9,11H2,1-2H3. The molecule has 2 N–H and O–H groups in total. The number of likely N-dealkylation sites (N-methyl/N-ethyl adjacent to an activating group) is 1. The lowest BCUT2D eigenvalue weighted by atomic mass is 9.85. The molecular formula is C19H21NO4. The van der Waals surface area contributed by atoms with E-state index < -0.39 is 11.7 Å². The average Bonchev–Trinajstić information content (AvgIpc) is 2.75. The number of hydrogen-bond acceptors (Lipinski definition) is 5. The Hall–Kier alpha value is -2.53. The lowest BCUT2D eigenvalue weighted by Gasteiger charge is -2.23. The van der Waals surface area contributed by atoms with E-state index in [1.54, 1.807) is 6.07 Å². The first kappa shape index (κ1) is 16.3. The molecule has 2 aromatic carbocycles. The van der Waals surface area contributed by atoms with Gasteiger partial charge >= 0.3 is 5.97 Å². The second-order valence-electron chi connectivity index (χ2n) is 6.15. The summed E-state index contributed by atoms with van der Waals surface area (Å²) >= 11 is 0. The smallest absolute Gasteiger partial charge is 0.342 e. The number of benzene rings is 2. The number of rotatable bonds is 2. The van der Waals surface area contributed by atoms with Crippen molar-refractivity contribution in [3.05, 3.63) is 58.7 Å². The zero-order valence-corrected chi connectivity index (χ0v) is 13.8. The Morgan fingerprint density at radius 2 is 1.96 bits per heavy atom. The van der Waals surface area contributed by atoms with E-state index in [9.17, 15) is 15.0 Å². The van der Waals surface area contributed by atoms with Crippen LogP contribution in [0.1, 0.15) is 33.0 Å². The quantitative estimate of drug-likeness (QED) is 0.655. The number of phenols is 2. The van der Waals surface area contributed by atoms with Gasteiger partial charge in [-0.25, -0.2) is 4.79 Å². The molecule has 0 saturated heterocycles. The normalized spacial score (nSPS) is 17.8. The summed E-state index contributed by atoms with van der Waals surface area (Å²) in [7, 11) is 3.30. The first-order valence-corrected chi connectivity index (χ1v) is 7.92. The molecule has 0 saturated carbocycles. The number of esters is 1. The Balaban J connectivity index is 2.24. The number of aromatic hydroxyl groups is 2. The lowest BCUT2D eigenvalue weighted by Crippen LogP contribution is -2.24. The molecule has 5 heteroatoms. The Morgan fingerprint density at radius 1 is 1.25 bits per heavy atom. The third-order valence-corrected chi connectivity index (χ3v) is 4.63. The summed E-state index contributed by atoms with van der Waals surface area (Å²) in [6.07, 6.45) is 0.605. The third kappa shape index (κ3) is 2.83. The first-order valence-electron chi connectivity index (χ1n) is 7.92. The highest BCUT2D eigenvalue weighted by Crippen LogP contribution is 2.41. The molecule has 1 atom stereocenters. The van der Waals surface area contributed by atoms with Crippen molar-refractivity contribution in [1.29, 1.82) is 0 Å². The van der Waals surface area contributed by atoms with Crippen LogP contribution >= 0.6 is 0 Å². The Labute approximate surface area is 141 Å². The van der Waals surface area contributed by atoms with Crippen molar-refractivity contribution in [2.24, 2.45) is 0 Å². The van der Waals surface area contributed by atoms with E-state index in [1.807, 2.05) is 37.4 Å². The zero-order valence-electron chi connectivity index (χ0n) is 13.8. The van der Waals surface area contributed by atoms with Gasteiger partial charge in [0.2, 0.25) is 0 Å². The van der Waals surface area contributed by atoms with E-state index in [0.717, 1.165) is 29.8 Å². The highest BCUT2D eigenvalue weighted by atomic mass is 16.5.